The van der Waals surface area contributed by atoms with Crippen molar-refractivity contribution in [3.8, 4) is 5.75 Å². The van der Waals surface area contributed by atoms with E-state index in [0.29, 0.717) is 29.1 Å². The van der Waals surface area contributed by atoms with Gasteiger partial charge < -0.3 is 9.30 Å². The SMILES string of the molecule is COc1ccc(C(=O)c2cc(C)cn2C/C=C/c2ccccc2C(=O)NS(=O)(=O)c2ccccc2)cc1. The molecule has 0 bridgehead atoms. The van der Waals surface area contributed by atoms with Crippen molar-refractivity contribution >= 4 is 27.8 Å². The van der Waals surface area contributed by atoms with Gasteiger partial charge in [0.05, 0.1) is 17.7 Å². The molecule has 0 fully saturated rings. The first-order valence-corrected chi connectivity index (χ1v) is 13.0. The molecule has 1 aromatic heterocycles. The summed E-state index contributed by atoms with van der Waals surface area (Å²) in [6.07, 6.45) is 5.44. The van der Waals surface area contributed by atoms with Crippen molar-refractivity contribution in [2.75, 3.05) is 7.11 Å². The van der Waals surface area contributed by atoms with Gasteiger partial charge in [0.2, 0.25) is 5.78 Å². The third-order valence-corrected chi connectivity index (χ3v) is 7.05. The molecule has 1 amide bonds. The van der Waals surface area contributed by atoms with Gasteiger partial charge in [-0.05, 0) is 66.6 Å². The Labute approximate surface area is 216 Å². The molecule has 0 aliphatic heterocycles. The van der Waals surface area contributed by atoms with E-state index in [4.69, 9.17) is 4.74 Å². The molecule has 188 valence electrons. The Balaban J connectivity index is 1.52. The standard InChI is InChI=1S/C29H26N2O5S/c1-21-19-27(28(32)23-14-16-24(36-2)17-15-23)31(20-21)18-8-10-22-9-6-7-13-26(22)29(33)30-37(34,35)25-11-4-3-5-12-25/h3-17,19-20H,18H2,1-2H3,(H,30,33)/b10-8+. The van der Waals surface area contributed by atoms with E-state index in [1.807, 2.05) is 29.8 Å². The Kier molecular flexibility index (Phi) is 7.69. The smallest absolute Gasteiger partial charge is 0.265 e. The number of benzene rings is 3. The maximum Gasteiger partial charge on any atom is 0.265 e. The van der Waals surface area contributed by atoms with E-state index < -0.39 is 15.9 Å². The normalized spacial score (nSPS) is 11.4. The van der Waals surface area contributed by atoms with Crippen LogP contribution in [0, 0.1) is 6.92 Å². The van der Waals surface area contributed by atoms with Crippen LogP contribution in [0.5, 0.6) is 5.75 Å². The lowest BCUT2D eigenvalue weighted by atomic mass is 10.1. The number of ether oxygens (including phenoxy) is 1. The average Bonchev–Trinajstić information content (AvgIpc) is 3.29. The summed E-state index contributed by atoms with van der Waals surface area (Å²) < 4.78 is 34.3. The molecule has 7 nitrogen and oxygen atoms in total. The summed E-state index contributed by atoms with van der Waals surface area (Å²) >= 11 is 0. The summed E-state index contributed by atoms with van der Waals surface area (Å²) in [5.74, 6) is -0.170. The van der Waals surface area contributed by atoms with Gasteiger partial charge in [-0.2, -0.15) is 0 Å². The predicted octanol–water partition coefficient (Wildman–Crippen LogP) is 4.87. The topological polar surface area (TPSA) is 94.5 Å². The van der Waals surface area contributed by atoms with Crippen molar-refractivity contribution in [3.63, 3.8) is 0 Å². The highest BCUT2D eigenvalue weighted by atomic mass is 32.2. The molecular formula is C29H26N2O5S. The van der Waals surface area contributed by atoms with E-state index >= 15 is 0 Å². The van der Waals surface area contributed by atoms with Crippen molar-refractivity contribution in [1.82, 2.24) is 9.29 Å². The summed E-state index contributed by atoms with van der Waals surface area (Å²) in [5, 5.41) is 0. The van der Waals surface area contributed by atoms with Crippen molar-refractivity contribution in [2.45, 2.75) is 18.4 Å². The second-order valence-electron chi connectivity index (χ2n) is 8.35. The molecule has 1 heterocycles. The van der Waals surface area contributed by atoms with E-state index in [2.05, 4.69) is 4.72 Å². The summed E-state index contributed by atoms with van der Waals surface area (Å²) in [4.78, 5) is 26.0. The fourth-order valence-electron chi connectivity index (χ4n) is 3.87. The van der Waals surface area contributed by atoms with E-state index in [9.17, 15) is 18.0 Å². The van der Waals surface area contributed by atoms with Crippen LogP contribution >= 0.6 is 0 Å². The third-order valence-electron chi connectivity index (χ3n) is 5.70. The molecule has 0 unspecified atom stereocenters. The van der Waals surface area contributed by atoms with Crippen LogP contribution in [0.2, 0.25) is 0 Å². The Morgan fingerprint density at radius 3 is 2.32 bits per heavy atom. The van der Waals surface area contributed by atoms with Crippen LogP contribution in [0.25, 0.3) is 6.08 Å². The molecule has 1 N–H and O–H groups in total. The Morgan fingerprint density at radius 1 is 0.946 bits per heavy atom. The van der Waals surface area contributed by atoms with Crippen molar-refractivity contribution in [1.29, 1.82) is 0 Å². The van der Waals surface area contributed by atoms with Crippen molar-refractivity contribution < 1.29 is 22.7 Å². The molecular weight excluding hydrogens is 488 g/mol. The largest absolute Gasteiger partial charge is 0.497 e. The molecule has 4 aromatic rings. The highest BCUT2D eigenvalue weighted by molar-refractivity contribution is 7.90. The molecule has 0 saturated heterocycles. The minimum Gasteiger partial charge on any atom is -0.497 e. The highest BCUT2D eigenvalue weighted by Gasteiger charge is 2.20. The zero-order valence-electron chi connectivity index (χ0n) is 20.4. The Bertz CT molecular complexity index is 1550. The zero-order chi connectivity index (χ0) is 26.4. The molecule has 0 aliphatic rings. The quantitative estimate of drug-likeness (QED) is 0.322. The molecule has 0 radical (unpaired) electrons. The highest BCUT2D eigenvalue weighted by Crippen LogP contribution is 2.18. The van der Waals surface area contributed by atoms with Crippen LogP contribution in [0.15, 0.2) is 102 Å². The summed E-state index contributed by atoms with van der Waals surface area (Å²) in [5.41, 5.74) is 2.79. The average molecular weight is 515 g/mol. The number of carbonyl (C=O) groups is 2. The summed E-state index contributed by atoms with van der Waals surface area (Å²) in [7, 11) is -2.43. The maximum absolute atomic E-state index is 13.1. The minimum absolute atomic E-state index is 0.00778. The molecule has 4 rings (SSSR count). The maximum atomic E-state index is 13.1. The number of sulfonamides is 1. The summed E-state index contributed by atoms with van der Waals surface area (Å²) in [6, 6.07) is 23.2. The number of ketones is 1. The number of aromatic nitrogens is 1. The zero-order valence-corrected chi connectivity index (χ0v) is 21.2. The lowest BCUT2D eigenvalue weighted by molar-refractivity contribution is 0.0980. The van der Waals surface area contributed by atoms with Crippen LogP contribution in [0.3, 0.4) is 0 Å². The third kappa shape index (κ3) is 6.05. The van der Waals surface area contributed by atoms with Gasteiger partial charge in [-0.25, -0.2) is 13.1 Å². The van der Waals surface area contributed by atoms with Gasteiger partial charge in [0.15, 0.2) is 0 Å². The first-order valence-electron chi connectivity index (χ1n) is 11.5. The predicted molar refractivity (Wildman–Crippen MR) is 142 cm³/mol. The second-order valence-corrected chi connectivity index (χ2v) is 10.0. The number of allylic oxidation sites excluding steroid dienone is 1. The number of rotatable bonds is 9. The molecule has 8 heteroatoms. The Morgan fingerprint density at radius 2 is 1.62 bits per heavy atom. The van der Waals surface area contributed by atoms with E-state index in [0.717, 1.165) is 5.56 Å². The van der Waals surface area contributed by atoms with Crippen LogP contribution in [-0.2, 0) is 16.6 Å². The van der Waals surface area contributed by atoms with Gasteiger partial charge in [-0.15, -0.1) is 0 Å². The number of nitrogens with one attached hydrogen (secondary N) is 1. The van der Waals surface area contributed by atoms with E-state index in [-0.39, 0.29) is 16.2 Å². The molecule has 3 aromatic carbocycles. The molecule has 0 aliphatic carbocycles. The number of hydrogen-bond donors (Lipinski definition) is 1. The van der Waals surface area contributed by atoms with Crippen LogP contribution in [0.1, 0.15) is 37.5 Å². The first kappa shape index (κ1) is 25.7. The van der Waals surface area contributed by atoms with Gasteiger partial charge in [0.1, 0.15) is 5.75 Å². The molecule has 0 saturated carbocycles. The molecule has 37 heavy (non-hydrogen) atoms. The van der Waals surface area contributed by atoms with Crippen LogP contribution in [0.4, 0.5) is 0 Å². The fraction of sp³-hybridized carbons (Fsp3) is 0.103. The van der Waals surface area contributed by atoms with Gasteiger partial charge in [0.25, 0.3) is 15.9 Å². The fourth-order valence-corrected chi connectivity index (χ4v) is 4.85. The molecule has 0 spiro atoms. The number of aryl methyl sites for hydroxylation is 1. The minimum atomic E-state index is -4.00. The first-order chi connectivity index (χ1) is 17.8. The van der Waals surface area contributed by atoms with Gasteiger partial charge in [-0.1, -0.05) is 48.6 Å². The number of carbonyl (C=O) groups excluding carboxylic acids is 2. The van der Waals surface area contributed by atoms with Crippen molar-refractivity contribution in [2.24, 2.45) is 0 Å². The van der Waals surface area contributed by atoms with Gasteiger partial charge in [-0.3, -0.25) is 9.59 Å². The number of amides is 1. The van der Waals surface area contributed by atoms with Crippen LogP contribution < -0.4 is 9.46 Å². The van der Waals surface area contributed by atoms with Gasteiger partial charge in [0, 0.05) is 23.9 Å². The summed E-state index contributed by atoms with van der Waals surface area (Å²) in [6.45, 7) is 2.29. The second kappa shape index (κ2) is 11.1. The number of hydrogen-bond acceptors (Lipinski definition) is 5. The van der Waals surface area contributed by atoms with Gasteiger partial charge >= 0.3 is 0 Å². The lowest BCUT2D eigenvalue weighted by Crippen LogP contribution is -2.31. The lowest BCUT2D eigenvalue weighted by Gasteiger charge is -2.09. The number of nitrogens with zero attached hydrogens (tertiary/aromatic N) is 1. The monoisotopic (exact) mass is 514 g/mol. The Hall–Kier alpha value is -4.43. The van der Waals surface area contributed by atoms with Crippen LogP contribution in [-0.4, -0.2) is 31.8 Å². The molecule has 0 atom stereocenters. The van der Waals surface area contributed by atoms with E-state index in [1.54, 1.807) is 79.9 Å². The van der Waals surface area contributed by atoms with Crippen molar-refractivity contribution in [3.05, 3.63) is 125 Å². The number of methoxy groups -OCH3 is 1. The van der Waals surface area contributed by atoms with E-state index in [1.165, 1.54) is 12.1 Å².